The van der Waals surface area contributed by atoms with Crippen molar-refractivity contribution in [3.8, 4) is 6.07 Å². The number of benzene rings is 1. The van der Waals surface area contributed by atoms with E-state index in [2.05, 4.69) is 4.98 Å². The van der Waals surface area contributed by atoms with Crippen LogP contribution in [0.2, 0.25) is 5.02 Å². The molecule has 0 spiro atoms. The van der Waals surface area contributed by atoms with Crippen LogP contribution in [0.25, 0.3) is 0 Å². The Labute approximate surface area is 155 Å². The number of carbonyl (C=O) groups is 2. The van der Waals surface area contributed by atoms with Crippen molar-refractivity contribution >= 4 is 34.7 Å². The van der Waals surface area contributed by atoms with Crippen LogP contribution in [0, 0.1) is 11.3 Å². The highest BCUT2D eigenvalue weighted by Gasteiger charge is 2.38. The van der Waals surface area contributed by atoms with Crippen LogP contribution in [-0.4, -0.2) is 23.3 Å². The molecule has 1 aromatic heterocycles. The van der Waals surface area contributed by atoms with Crippen molar-refractivity contribution in [3.05, 3.63) is 50.9 Å². The molecule has 2 rings (SSSR count). The van der Waals surface area contributed by atoms with Crippen LogP contribution in [0.5, 0.6) is 0 Å². The van der Waals surface area contributed by atoms with Gasteiger partial charge >= 0.3 is 5.97 Å². The molecular weight excluding hydrogens is 360 g/mol. The largest absolute Gasteiger partial charge is 0.461 e. The molecule has 2 aromatic rings. The van der Waals surface area contributed by atoms with Gasteiger partial charge in [-0.15, -0.1) is 11.3 Å². The third-order valence-electron chi connectivity index (χ3n) is 3.81. The Balaban J connectivity index is 2.33. The highest BCUT2D eigenvalue weighted by atomic mass is 35.5. The van der Waals surface area contributed by atoms with Gasteiger partial charge in [-0.2, -0.15) is 5.26 Å². The van der Waals surface area contributed by atoms with Crippen molar-refractivity contribution in [2.45, 2.75) is 32.1 Å². The minimum Gasteiger partial charge on any atom is -0.461 e. The molecule has 0 aliphatic rings. The molecule has 0 N–H and O–H groups in total. The number of ether oxygens (including phenoxy) is 1. The summed E-state index contributed by atoms with van der Waals surface area (Å²) < 4.78 is 4.89. The molecule has 0 fully saturated rings. The summed E-state index contributed by atoms with van der Waals surface area (Å²) in [6, 6.07) is 8.99. The highest BCUT2D eigenvalue weighted by Crippen LogP contribution is 2.33. The van der Waals surface area contributed by atoms with Gasteiger partial charge in [-0.3, -0.25) is 4.79 Å². The molecule has 25 heavy (non-hydrogen) atoms. The minimum absolute atomic E-state index is 0.107. The van der Waals surface area contributed by atoms with Gasteiger partial charge in [0.15, 0.2) is 17.4 Å². The second-order valence-corrected chi connectivity index (χ2v) is 7.18. The Hall–Kier alpha value is -2.23. The molecule has 1 atom stereocenters. The van der Waals surface area contributed by atoms with Crippen molar-refractivity contribution in [2.75, 3.05) is 6.61 Å². The second-order valence-electron chi connectivity index (χ2n) is 5.85. The maximum Gasteiger partial charge on any atom is 0.357 e. The number of halogens is 1. The van der Waals surface area contributed by atoms with E-state index in [9.17, 15) is 14.9 Å². The van der Waals surface area contributed by atoms with Gasteiger partial charge in [0.2, 0.25) is 0 Å². The SMILES string of the molecule is CCOC(=O)c1csc(C(C#N)C(=O)C(C)(C)c2cccc(Cl)c2)n1. The van der Waals surface area contributed by atoms with Crippen LogP contribution < -0.4 is 0 Å². The Morgan fingerprint density at radius 2 is 2.16 bits per heavy atom. The van der Waals surface area contributed by atoms with Gasteiger partial charge in [0.25, 0.3) is 0 Å². The summed E-state index contributed by atoms with van der Waals surface area (Å²) in [4.78, 5) is 28.9. The lowest BCUT2D eigenvalue weighted by Gasteiger charge is -2.25. The summed E-state index contributed by atoms with van der Waals surface area (Å²) in [6.45, 7) is 5.41. The molecule has 1 aromatic carbocycles. The molecule has 130 valence electrons. The van der Waals surface area contributed by atoms with E-state index in [0.717, 1.165) is 11.3 Å². The zero-order chi connectivity index (χ0) is 18.6. The first-order valence-corrected chi connectivity index (χ1v) is 8.89. The quantitative estimate of drug-likeness (QED) is 0.708. The van der Waals surface area contributed by atoms with Gasteiger partial charge in [-0.25, -0.2) is 9.78 Å². The van der Waals surface area contributed by atoms with Gasteiger partial charge in [-0.05, 0) is 38.5 Å². The smallest absolute Gasteiger partial charge is 0.357 e. The lowest BCUT2D eigenvalue weighted by atomic mass is 9.76. The van der Waals surface area contributed by atoms with E-state index in [1.807, 2.05) is 6.07 Å². The third kappa shape index (κ3) is 4.06. The number of thiazole rings is 1. The van der Waals surface area contributed by atoms with Crippen LogP contribution >= 0.6 is 22.9 Å². The fourth-order valence-corrected chi connectivity index (χ4v) is 3.34. The van der Waals surface area contributed by atoms with Crippen LogP contribution in [0.4, 0.5) is 0 Å². The highest BCUT2D eigenvalue weighted by molar-refractivity contribution is 7.10. The van der Waals surface area contributed by atoms with Gasteiger partial charge in [0.05, 0.1) is 18.1 Å². The second kappa shape index (κ2) is 7.77. The lowest BCUT2D eigenvalue weighted by molar-refractivity contribution is -0.123. The summed E-state index contributed by atoms with van der Waals surface area (Å²) in [5.41, 5.74) is -0.107. The average Bonchev–Trinajstić information content (AvgIpc) is 3.05. The third-order valence-corrected chi connectivity index (χ3v) is 4.95. The molecule has 0 amide bonds. The van der Waals surface area contributed by atoms with Gasteiger partial charge in [0, 0.05) is 10.4 Å². The van der Waals surface area contributed by atoms with Crippen LogP contribution in [-0.2, 0) is 14.9 Å². The molecule has 0 saturated carbocycles. The molecule has 0 saturated heterocycles. The van der Waals surface area contributed by atoms with E-state index in [0.29, 0.717) is 10.6 Å². The zero-order valence-corrected chi connectivity index (χ0v) is 15.6. The number of ketones is 1. The Morgan fingerprint density at radius 3 is 2.76 bits per heavy atom. The fraction of sp³-hybridized carbons (Fsp3) is 0.333. The number of aromatic nitrogens is 1. The predicted molar refractivity (Wildman–Crippen MR) is 95.9 cm³/mol. The van der Waals surface area contributed by atoms with Crippen LogP contribution in [0.1, 0.15) is 47.7 Å². The lowest BCUT2D eigenvalue weighted by Crippen LogP contribution is -2.33. The monoisotopic (exact) mass is 376 g/mol. The van der Waals surface area contributed by atoms with E-state index < -0.39 is 17.3 Å². The molecule has 0 aliphatic heterocycles. The van der Waals surface area contributed by atoms with Gasteiger partial charge in [0.1, 0.15) is 5.01 Å². The molecule has 0 radical (unpaired) electrons. The van der Waals surface area contributed by atoms with Gasteiger partial charge in [-0.1, -0.05) is 23.7 Å². The first-order valence-electron chi connectivity index (χ1n) is 7.63. The fourth-order valence-electron chi connectivity index (χ4n) is 2.33. The molecule has 1 heterocycles. The van der Waals surface area contributed by atoms with Gasteiger partial charge < -0.3 is 4.74 Å². The number of Topliss-reactive ketones (excluding diaryl/α,β-unsaturated/α-hetero) is 1. The van der Waals surface area contributed by atoms with E-state index >= 15 is 0 Å². The van der Waals surface area contributed by atoms with E-state index in [-0.39, 0.29) is 23.1 Å². The number of hydrogen-bond donors (Lipinski definition) is 0. The molecular formula is C18H17ClN2O3S. The summed E-state index contributed by atoms with van der Waals surface area (Å²) in [5.74, 6) is -1.94. The summed E-state index contributed by atoms with van der Waals surface area (Å²) in [5, 5.41) is 11.8. The molecule has 0 aliphatic carbocycles. The first-order chi connectivity index (χ1) is 11.8. The van der Waals surface area contributed by atoms with Crippen molar-refractivity contribution in [2.24, 2.45) is 0 Å². The number of esters is 1. The normalized spacial score (nSPS) is 12.3. The van der Waals surface area contributed by atoms with Crippen molar-refractivity contribution in [1.29, 1.82) is 5.26 Å². The topological polar surface area (TPSA) is 80.0 Å². The maximum atomic E-state index is 13.0. The summed E-state index contributed by atoms with van der Waals surface area (Å²) in [6.07, 6.45) is 0. The molecule has 7 heteroatoms. The molecule has 1 unspecified atom stereocenters. The molecule has 5 nitrogen and oxygen atoms in total. The van der Waals surface area contributed by atoms with Crippen molar-refractivity contribution in [3.63, 3.8) is 0 Å². The number of rotatable bonds is 6. The van der Waals surface area contributed by atoms with E-state index in [1.54, 1.807) is 45.0 Å². The minimum atomic E-state index is -1.07. The zero-order valence-electron chi connectivity index (χ0n) is 14.1. The van der Waals surface area contributed by atoms with Crippen LogP contribution in [0.15, 0.2) is 29.6 Å². The first kappa shape index (κ1) is 19.1. The number of hydrogen-bond acceptors (Lipinski definition) is 6. The van der Waals surface area contributed by atoms with Crippen LogP contribution in [0.3, 0.4) is 0 Å². The number of carbonyl (C=O) groups excluding carboxylic acids is 2. The summed E-state index contributed by atoms with van der Waals surface area (Å²) in [7, 11) is 0. The number of nitriles is 1. The average molecular weight is 377 g/mol. The Morgan fingerprint density at radius 1 is 1.44 bits per heavy atom. The number of nitrogens with zero attached hydrogens (tertiary/aromatic N) is 2. The predicted octanol–water partition coefficient (Wildman–Crippen LogP) is 4.13. The van der Waals surface area contributed by atoms with E-state index in [4.69, 9.17) is 16.3 Å². The van der Waals surface area contributed by atoms with Crippen molar-refractivity contribution < 1.29 is 14.3 Å². The maximum absolute atomic E-state index is 13.0. The summed E-state index contributed by atoms with van der Waals surface area (Å²) >= 11 is 7.11. The molecule has 0 bridgehead atoms. The van der Waals surface area contributed by atoms with E-state index in [1.165, 1.54) is 5.38 Å². The Bertz CT molecular complexity index is 839. The van der Waals surface area contributed by atoms with Crippen molar-refractivity contribution in [1.82, 2.24) is 4.98 Å². The standard InChI is InChI=1S/C18H17ClN2O3S/c1-4-24-17(23)14-10-25-16(21-14)13(9-20)15(22)18(2,3)11-6-5-7-12(19)8-11/h5-8,10,13H,4H2,1-3H3. The Kier molecular flexibility index (Phi) is 5.93.